The largest absolute Gasteiger partial charge is 0.398 e. The van der Waals surface area contributed by atoms with E-state index in [1.807, 2.05) is 12.3 Å². The van der Waals surface area contributed by atoms with Gasteiger partial charge in [-0.2, -0.15) is 10.6 Å². The molecule has 0 aliphatic carbocycles. The SMILES string of the molecule is Nc1cc(N2CCOCC2)ncc1C1CCS(O)(O)CC1. The molecule has 0 bridgehead atoms. The second kappa shape index (κ2) is 6.00. The van der Waals surface area contributed by atoms with Crippen LogP contribution in [0, 0.1) is 0 Å². The van der Waals surface area contributed by atoms with Crippen LogP contribution < -0.4 is 10.6 Å². The van der Waals surface area contributed by atoms with Gasteiger partial charge in [0.25, 0.3) is 0 Å². The molecule has 3 heterocycles. The maximum absolute atomic E-state index is 9.70. The van der Waals surface area contributed by atoms with Crippen LogP contribution in [0.3, 0.4) is 0 Å². The molecule has 0 saturated carbocycles. The Kier molecular flexibility index (Phi) is 4.26. The minimum absolute atomic E-state index is 0.288. The molecule has 118 valence electrons. The Morgan fingerprint density at radius 3 is 2.52 bits per heavy atom. The molecule has 1 aromatic rings. The number of hydrogen-bond donors (Lipinski definition) is 3. The van der Waals surface area contributed by atoms with E-state index in [9.17, 15) is 9.11 Å². The van der Waals surface area contributed by atoms with Crippen LogP contribution in [0.1, 0.15) is 24.3 Å². The highest BCUT2D eigenvalue weighted by Gasteiger charge is 2.27. The zero-order valence-corrected chi connectivity index (χ0v) is 12.9. The smallest absolute Gasteiger partial charge is 0.130 e. The molecule has 6 nitrogen and oxygen atoms in total. The van der Waals surface area contributed by atoms with Gasteiger partial charge in [0, 0.05) is 42.5 Å². The highest BCUT2D eigenvalue weighted by molar-refractivity contribution is 8.24. The van der Waals surface area contributed by atoms with Crippen molar-refractivity contribution in [3.8, 4) is 0 Å². The molecule has 0 amide bonds. The van der Waals surface area contributed by atoms with Crippen molar-refractivity contribution in [2.24, 2.45) is 0 Å². The molecule has 21 heavy (non-hydrogen) atoms. The molecular weight excluding hydrogens is 290 g/mol. The fourth-order valence-corrected chi connectivity index (χ4v) is 4.52. The first-order chi connectivity index (χ1) is 10.1. The lowest BCUT2D eigenvalue weighted by molar-refractivity contribution is 0.122. The van der Waals surface area contributed by atoms with E-state index in [1.54, 1.807) is 0 Å². The van der Waals surface area contributed by atoms with Gasteiger partial charge in [0.15, 0.2) is 0 Å². The number of aromatic nitrogens is 1. The van der Waals surface area contributed by atoms with Crippen LogP contribution in [0.2, 0.25) is 0 Å². The summed E-state index contributed by atoms with van der Waals surface area (Å²) < 4.78 is 24.7. The lowest BCUT2D eigenvalue weighted by Gasteiger charge is -2.39. The van der Waals surface area contributed by atoms with E-state index in [0.29, 0.717) is 11.5 Å². The van der Waals surface area contributed by atoms with Gasteiger partial charge >= 0.3 is 0 Å². The summed E-state index contributed by atoms with van der Waals surface area (Å²) in [5, 5.41) is 0. The lowest BCUT2D eigenvalue weighted by Crippen LogP contribution is -2.36. The van der Waals surface area contributed by atoms with E-state index < -0.39 is 10.6 Å². The van der Waals surface area contributed by atoms with Crippen LogP contribution in [0.4, 0.5) is 11.5 Å². The monoisotopic (exact) mass is 313 g/mol. The second-order valence-corrected chi connectivity index (χ2v) is 8.18. The predicted octanol–water partition coefficient (Wildman–Crippen LogP) is 2.13. The van der Waals surface area contributed by atoms with Gasteiger partial charge < -0.3 is 15.4 Å². The molecule has 3 rings (SSSR count). The fraction of sp³-hybridized carbons (Fsp3) is 0.643. The Morgan fingerprint density at radius 2 is 1.90 bits per heavy atom. The van der Waals surface area contributed by atoms with Crippen molar-refractivity contribution in [3.05, 3.63) is 17.8 Å². The maximum atomic E-state index is 9.70. The summed E-state index contributed by atoms with van der Waals surface area (Å²) in [5.74, 6) is 2.14. The van der Waals surface area contributed by atoms with Crippen LogP contribution in [-0.2, 0) is 4.74 Å². The van der Waals surface area contributed by atoms with Crippen LogP contribution >= 0.6 is 10.6 Å². The summed E-state index contributed by atoms with van der Waals surface area (Å²) in [6.07, 6.45) is 3.40. The second-order valence-electron chi connectivity index (χ2n) is 5.76. The average molecular weight is 313 g/mol. The fourth-order valence-electron chi connectivity index (χ4n) is 3.00. The van der Waals surface area contributed by atoms with Crippen molar-refractivity contribution in [2.75, 3.05) is 48.4 Å². The van der Waals surface area contributed by atoms with Crippen LogP contribution in [0.5, 0.6) is 0 Å². The molecule has 7 heteroatoms. The number of nitrogen functional groups attached to an aromatic ring is 1. The molecule has 1 aromatic heterocycles. The van der Waals surface area contributed by atoms with Crippen molar-refractivity contribution in [3.63, 3.8) is 0 Å². The van der Waals surface area contributed by atoms with Gasteiger partial charge in [-0.25, -0.2) is 4.98 Å². The molecule has 2 aliphatic rings. The third-order valence-corrected chi connectivity index (χ3v) is 6.09. The topological polar surface area (TPSA) is 91.8 Å². The van der Waals surface area contributed by atoms with Gasteiger partial charge in [0.05, 0.1) is 13.2 Å². The normalized spacial score (nSPS) is 24.8. The quantitative estimate of drug-likeness (QED) is 0.774. The number of hydrogen-bond acceptors (Lipinski definition) is 6. The summed E-state index contributed by atoms with van der Waals surface area (Å²) in [5.41, 5.74) is 8.01. The predicted molar refractivity (Wildman–Crippen MR) is 86.2 cm³/mol. The van der Waals surface area contributed by atoms with Crippen LogP contribution in [0.25, 0.3) is 0 Å². The Balaban J connectivity index is 1.72. The van der Waals surface area contributed by atoms with E-state index in [4.69, 9.17) is 10.5 Å². The number of nitrogens with zero attached hydrogens (tertiary/aromatic N) is 2. The Bertz CT molecular complexity index is 496. The zero-order valence-electron chi connectivity index (χ0n) is 12.1. The zero-order chi connectivity index (χ0) is 14.9. The first-order valence-electron chi connectivity index (χ1n) is 7.37. The lowest BCUT2D eigenvalue weighted by atomic mass is 9.93. The van der Waals surface area contributed by atoms with Gasteiger partial charge in [-0.1, -0.05) is 0 Å². The van der Waals surface area contributed by atoms with Crippen LogP contribution in [0.15, 0.2) is 12.3 Å². The van der Waals surface area contributed by atoms with E-state index in [1.165, 1.54) is 0 Å². The number of pyridine rings is 1. The van der Waals surface area contributed by atoms with Gasteiger partial charge in [0.1, 0.15) is 5.82 Å². The molecule has 0 atom stereocenters. The number of nitrogens with two attached hydrogens (primary N) is 1. The number of anilines is 2. The highest BCUT2D eigenvalue weighted by Crippen LogP contribution is 2.49. The summed E-state index contributed by atoms with van der Waals surface area (Å²) in [7, 11) is -2.35. The molecule has 0 unspecified atom stereocenters. The molecule has 2 saturated heterocycles. The molecule has 4 N–H and O–H groups in total. The number of ether oxygens (including phenoxy) is 1. The van der Waals surface area contributed by atoms with E-state index >= 15 is 0 Å². The minimum atomic E-state index is -2.35. The summed E-state index contributed by atoms with van der Waals surface area (Å²) in [6, 6.07) is 1.94. The molecule has 2 aliphatic heterocycles. The Labute approximate surface area is 126 Å². The highest BCUT2D eigenvalue weighted by atomic mass is 32.3. The Hall–Kier alpha value is -1.02. The molecule has 0 aromatic carbocycles. The van der Waals surface area contributed by atoms with E-state index in [2.05, 4.69) is 9.88 Å². The maximum Gasteiger partial charge on any atom is 0.130 e. The van der Waals surface area contributed by atoms with Crippen LogP contribution in [-0.4, -0.2) is 51.9 Å². The van der Waals surface area contributed by atoms with Gasteiger partial charge in [-0.15, -0.1) is 0 Å². The summed E-state index contributed by atoms with van der Waals surface area (Å²) in [6.45, 7) is 3.14. The van der Waals surface area contributed by atoms with Gasteiger partial charge in [-0.05, 0) is 24.3 Å². The first kappa shape index (κ1) is 14.9. The molecule has 2 fully saturated rings. The van der Waals surface area contributed by atoms with Gasteiger partial charge in [0.2, 0.25) is 0 Å². The first-order valence-corrected chi connectivity index (χ1v) is 9.25. The van der Waals surface area contributed by atoms with Crippen molar-refractivity contribution in [2.45, 2.75) is 18.8 Å². The molecule has 0 spiro atoms. The standard InChI is InChI=1S/C14H23N3O3S/c15-13-9-14(17-3-5-20-6-4-17)16-10-12(13)11-1-7-21(18,19)8-2-11/h9-11,18-19H,1-8H2,(H2,15,16). The van der Waals surface area contributed by atoms with Crippen molar-refractivity contribution in [1.82, 2.24) is 4.98 Å². The molecule has 0 radical (unpaired) electrons. The molecular formula is C14H23N3O3S. The van der Waals surface area contributed by atoms with Gasteiger partial charge in [-0.3, -0.25) is 9.11 Å². The summed E-state index contributed by atoms with van der Waals surface area (Å²) >= 11 is 0. The van der Waals surface area contributed by atoms with Crippen molar-refractivity contribution in [1.29, 1.82) is 0 Å². The number of rotatable bonds is 2. The number of morpholine rings is 1. The minimum Gasteiger partial charge on any atom is -0.398 e. The summed E-state index contributed by atoms with van der Waals surface area (Å²) in [4.78, 5) is 6.73. The third-order valence-electron chi connectivity index (χ3n) is 4.32. The third kappa shape index (κ3) is 3.42. The van der Waals surface area contributed by atoms with Crippen molar-refractivity contribution < 1.29 is 13.8 Å². The van der Waals surface area contributed by atoms with E-state index in [0.717, 1.165) is 56.2 Å². The van der Waals surface area contributed by atoms with Crippen molar-refractivity contribution >= 4 is 22.1 Å². The Morgan fingerprint density at radius 1 is 1.24 bits per heavy atom. The van der Waals surface area contributed by atoms with E-state index in [-0.39, 0.29) is 5.92 Å². The average Bonchev–Trinajstić information content (AvgIpc) is 2.49.